The second-order valence-electron chi connectivity index (χ2n) is 10.7. The van der Waals surface area contributed by atoms with Gasteiger partial charge >= 0.3 is 5.97 Å². The number of carbonyl (C=O) groups excluding carboxylic acids is 1. The maximum absolute atomic E-state index is 12.7. The molecule has 3 aliphatic heterocycles. The van der Waals surface area contributed by atoms with Crippen molar-refractivity contribution in [2.45, 2.75) is 52.0 Å². The van der Waals surface area contributed by atoms with Crippen molar-refractivity contribution in [3.63, 3.8) is 0 Å². The predicted octanol–water partition coefficient (Wildman–Crippen LogP) is 4.49. The number of rotatable bonds is 6. The average molecular weight is 574 g/mol. The molecule has 41 heavy (non-hydrogen) atoms. The molecule has 3 aliphatic rings. The summed E-state index contributed by atoms with van der Waals surface area (Å²) in [5.74, 6) is -0.666. The third kappa shape index (κ3) is 10.8. The number of aryl methyl sites for hydroxylation is 2. The molecule has 0 aliphatic carbocycles. The topological polar surface area (TPSA) is 73.3 Å². The molecule has 2 aromatic rings. The molecule has 1 N–H and O–H groups in total. The zero-order chi connectivity index (χ0) is 29.6. The summed E-state index contributed by atoms with van der Waals surface area (Å²) in [5.41, 5.74) is 1.84. The number of carbonyl (C=O) groups is 2. The smallest absolute Gasteiger partial charge is 0.317 e. The predicted molar refractivity (Wildman–Crippen MR) is 156 cm³/mol. The van der Waals surface area contributed by atoms with Gasteiger partial charge in [-0.15, -0.1) is 0 Å². The van der Waals surface area contributed by atoms with Crippen molar-refractivity contribution in [3.8, 4) is 0 Å². The summed E-state index contributed by atoms with van der Waals surface area (Å²) in [5, 5.41) is 8.83. The highest BCUT2D eigenvalue weighted by atomic mass is 19.1. The molecule has 2 aromatic carbocycles. The molecule has 0 aromatic heterocycles. The molecule has 9 heteroatoms. The van der Waals surface area contributed by atoms with E-state index in [0.29, 0.717) is 32.2 Å². The Morgan fingerprint density at radius 2 is 1.61 bits per heavy atom. The lowest BCUT2D eigenvalue weighted by atomic mass is 10.1. The maximum atomic E-state index is 12.7. The van der Waals surface area contributed by atoms with Gasteiger partial charge in [-0.1, -0.05) is 44.2 Å². The Morgan fingerprint density at radius 1 is 0.902 bits per heavy atom. The first-order chi connectivity index (χ1) is 19.8. The lowest BCUT2D eigenvalue weighted by molar-refractivity contribution is -0.140. The van der Waals surface area contributed by atoms with Crippen molar-refractivity contribution in [3.05, 3.63) is 71.3 Å². The number of nitrogens with zero attached hydrogens (tertiary/aromatic N) is 3. The Hall–Kier alpha value is -2.88. The number of hydrogen-bond donors (Lipinski definition) is 1. The highest BCUT2D eigenvalue weighted by molar-refractivity contribution is 5.79. The van der Waals surface area contributed by atoms with Gasteiger partial charge in [-0.25, -0.2) is 8.78 Å². The van der Waals surface area contributed by atoms with Crippen LogP contribution in [0.1, 0.15) is 44.2 Å². The second-order valence-corrected chi connectivity index (χ2v) is 10.7. The maximum Gasteiger partial charge on any atom is 0.317 e. The van der Waals surface area contributed by atoms with E-state index in [1.165, 1.54) is 12.1 Å². The first-order valence-electron chi connectivity index (χ1n) is 14.8. The third-order valence-corrected chi connectivity index (χ3v) is 7.95. The Bertz CT molecular complexity index is 1090. The van der Waals surface area contributed by atoms with E-state index in [-0.39, 0.29) is 30.0 Å². The molecule has 3 fully saturated rings. The zero-order valence-electron chi connectivity index (χ0n) is 24.4. The van der Waals surface area contributed by atoms with Crippen molar-refractivity contribution >= 4 is 11.9 Å². The van der Waals surface area contributed by atoms with Gasteiger partial charge in [0.25, 0.3) is 0 Å². The number of halogens is 2. The summed E-state index contributed by atoms with van der Waals surface area (Å²) in [6.45, 7) is 10.2. The van der Waals surface area contributed by atoms with Gasteiger partial charge in [-0.2, -0.15) is 0 Å². The van der Waals surface area contributed by atoms with E-state index in [1.54, 1.807) is 24.3 Å². The molecule has 0 radical (unpaired) electrons. The van der Waals surface area contributed by atoms with Gasteiger partial charge in [0.05, 0.1) is 12.5 Å². The van der Waals surface area contributed by atoms with Crippen molar-refractivity contribution in [1.82, 2.24) is 14.7 Å². The Morgan fingerprint density at radius 3 is 2.17 bits per heavy atom. The van der Waals surface area contributed by atoms with E-state index in [2.05, 4.69) is 4.90 Å². The van der Waals surface area contributed by atoms with Crippen LogP contribution in [0.4, 0.5) is 8.78 Å². The normalized spacial score (nSPS) is 20.0. The number of carboxylic acid groups (broad SMARTS) is 1. The molecule has 226 valence electrons. The number of carboxylic acids is 1. The summed E-state index contributed by atoms with van der Waals surface area (Å²) in [4.78, 5) is 29.7. The first-order valence-corrected chi connectivity index (χ1v) is 14.8. The Kier molecular flexibility index (Phi) is 13.7. The van der Waals surface area contributed by atoms with Gasteiger partial charge in [-0.3, -0.25) is 19.4 Å². The second kappa shape index (κ2) is 17.2. The molecule has 3 heterocycles. The quantitative estimate of drug-likeness (QED) is 0.549. The van der Waals surface area contributed by atoms with Gasteiger partial charge in [0, 0.05) is 52.0 Å². The van der Waals surface area contributed by atoms with E-state index in [1.807, 2.05) is 35.8 Å². The summed E-state index contributed by atoms with van der Waals surface area (Å²) in [6.07, 6.45) is 4.78. The van der Waals surface area contributed by atoms with Gasteiger partial charge in [0.2, 0.25) is 5.91 Å². The van der Waals surface area contributed by atoms with Crippen molar-refractivity contribution in [2.75, 3.05) is 59.0 Å². The zero-order valence-corrected chi connectivity index (χ0v) is 24.4. The van der Waals surface area contributed by atoms with Gasteiger partial charge in [0.15, 0.2) is 0 Å². The summed E-state index contributed by atoms with van der Waals surface area (Å²) in [7, 11) is 0. The minimum atomic E-state index is -0.798. The minimum Gasteiger partial charge on any atom is -0.480 e. The van der Waals surface area contributed by atoms with Crippen LogP contribution >= 0.6 is 0 Å². The van der Waals surface area contributed by atoms with Gasteiger partial charge < -0.3 is 14.7 Å². The monoisotopic (exact) mass is 573 g/mol. The summed E-state index contributed by atoms with van der Waals surface area (Å²) in [6, 6.07) is 14.1. The molecule has 1 amide bonds. The van der Waals surface area contributed by atoms with E-state index >= 15 is 0 Å². The van der Waals surface area contributed by atoms with Crippen molar-refractivity contribution in [1.29, 1.82) is 0 Å². The highest BCUT2D eigenvalue weighted by Crippen LogP contribution is 2.25. The van der Waals surface area contributed by atoms with E-state index in [0.717, 1.165) is 69.5 Å². The first kappa shape index (κ1) is 32.6. The average Bonchev–Trinajstić information content (AvgIpc) is 3.49. The number of aliphatic carboxylic acids is 1. The van der Waals surface area contributed by atoms with Gasteiger partial charge in [0.1, 0.15) is 11.6 Å². The fraction of sp³-hybridized carbons (Fsp3) is 0.562. The Balaban J connectivity index is 0.000000210. The summed E-state index contributed by atoms with van der Waals surface area (Å²) >= 11 is 0. The highest BCUT2D eigenvalue weighted by Gasteiger charge is 2.35. The van der Waals surface area contributed by atoms with Crippen LogP contribution in [-0.4, -0.2) is 96.8 Å². The molecule has 3 saturated heterocycles. The number of benzene rings is 2. The molecule has 0 saturated carbocycles. The van der Waals surface area contributed by atoms with Gasteiger partial charge in [-0.05, 0) is 68.0 Å². The molecular weight excluding hydrogens is 528 g/mol. The van der Waals surface area contributed by atoms with Crippen LogP contribution < -0.4 is 0 Å². The SMILES string of the molecule is CCc1cccc(F)c1.CCc1ccccc1F.O=C(O)CN1CCN(C(=O)C2CCN(C3CCOCC3)C2)CC1. The molecule has 0 spiro atoms. The van der Waals surface area contributed by atoms with E-state index in [4.69, 9.17) is 9.84 Å². The van der Waals surface area contributed by atoms with Crippen LogP contribution in [-0.2, 0) is 27.2 Å². The third-order valence-electron chi connectivity index (χ3n) is 7.95. The molecule has 5 rings (SSSR count). The van der Waals surface area contributed by atoms with Crippen LogP contribution in [0.3, 0.4) is 0 Å². The molecular formula is C32H45F2N3O4. The van der Waals surface area contributed by atoms with E-state index in [9.17, 15) is 18.4 Å². The van der Waals surface area contributed by atoms with Crippen LogP contribution in [0.15, 0.2) is 48.5 Å². The van der Waals surface area contributed by atoms with Crippen LogP contribution in [0.5, 0.6) is 0 Å². The molecule has 1 atom stereocenters. The van der Waals surface area contributed by atoms with Crippen LogP contribution in [0.25, 0.3) is 0 Å². The number of hydrogen-bond acceptors (Lipinski definition) is 5. The lowest BCUT2D eigenvalue weighted by Gasteiger charge is -2.35. The minimum absolute atomic E-state index is 0.0724. The molecule has 0 bridgehead atoms. The fourth-order valence-corrected chi connectivity index (χ4v) is 5.49. The number of piperazine rings is 1. The Labute approximate surface area is 243 Å². The summed E-state index contributed by atoms with van der Waals surface area (Å²) < 4.78 is 30.4. The molecule has 1 unspecified atom stereocenters. The van der Waals surface area contributed by atoms with Crippen molar-refractivity contribution < 1.29 is 28.2 Å². The number of ether oxygens (including phenoxy) is 1. The lowest BCUT2D eigenvalue weighted by Crippen LogP contribution is -2.51. The molecule has 7 nitrogen and oxygen atoms in total. The number of likely N-dealkylation sites (tertiary alicyclic amines) is 1. The van der Waals surface area contributed by atoms with Crippen LogP contribution in [0, 0.1) is 17.6 Å². The standard InChI is InChI=1S/C16H27N3O4.2C8H9F/c20-15(21)12-17-5-7-18(8-6-17)16(22)13-1-4-19(11-13)14-2-9-23-10-3-14;1-2-7-4-3-5-8(9)6-7;1-2-7-5-3-4-6-8(7)9/h13-14H,1-12H2,(H,20,21);2*3-6H,2H2,1H3. The van der Waals surface area contributed by atoms with Crippen molar-refractivity contribution in [2.24, 2.45) is 5.92 Å². The fourth-order valence-electron chi connectivity index (χ4n) is 5.49. The largest absolute Gasteiger partial charge is 0.480 e. The van der Waals surface area contributed by atoms with Crippen LogP contribution in [0.2, 0.25) is 0 Å². The van der Waals surface area contributed by atoms with E-state index < -0.39 is 5.97 Å². The number of amides is 1.